The number of nitro groups is 1. The van der Waals surface area contributed by atoms with Gasteiger partial charge in [0.2, 0.25) is 0 Å². The lowest BCUT2D eigenvalue weighted by molar-refractivity contribution is -0.384. The van der Waals surface area contributed by atoms with Crippen molar-refractivity contribution in [2.45, 2.75) is 20.4 Å². The van der Waals surface area contributed by atoms with Crippen LogP contribution in [0.5, 0.6) is 0 Å². The summed E-state index contributed by atoms with van der Waals surface area (Å²) in [6.45, 7) is 7.07. The number of hydrogen-bond donors (Lipinski definition) is 0. The van der Waals surface area contributed by atoms with Crippen LogP contribution >= 0.6 is 0 Å². The Morgan fingerprint density at radius 1 is 1.04 bits per heavy atom. The van der Waals surface area contributed by atoms with Gasteiger partial charge in [-0.25, -0.2) is 0 Å². The van der Waals surface area contributed by atoms with E-state index in [9.17, 15) is 10.1 Å². The minimum atomic E-state index is -0.325. The maximum absolute atomic E-state index is 11.4. The molecule has 0 amide bonds. The van der Waals surface area contributed by atoms with E-state index in [1.165, 1.54) is 5.56 Å². The molecule has 5 nitrogen and oxygen atoms in total. The first-order chi connectivity index (χ1) is 11.7. The second kappa shape index (κ2) is 6.84. The summed E-state index contributed by atoms with van der Waals surface area (Å²) in [6, 6.07) is 15.0. The van der Waals surface area contributed by atoms with Gasteiger partial charge in [-0.2, -0.15) is 0 Å². The zero-order valence-electron chi connectivity index (χ0n) is 14.0. The molecular weight excluding hydrogens is 302 g/mol. The van der Waals surface area contributed by atoms with E-state index in [-0.39, 0.29) is 10.6 Å². The lowest BCUT2D eigenvalue weighted by atomic mass is 10.1. The van der Waals surface area contributed by atoms with Crippen LogP contribution in [-0.2, 0) is 6.54 Å². The maximum atomic E-state index is 11.4. The monoisotopic (exact) mass is 323 g/mol. The van der Waals surface area contributed by atoms with E-state index in [1.807, 2.05) is 35.0 Å². The third kappa shape index (κ3) is 2.90. The first kappa shape index (κ1) is 16.2. The summed E-state index contributed by atoms with van der Waals surface area (Å²) in [5, 5.41) is 12.5. The Morgan fingerprint density at radius 3 is 2.42 bits per heavy atom. The SMILES string of the molecule is CCN(CC)Cc1cn(-c2ccccc2[N+](=O)[O-])c2ccccc12. The van der Waals surface area contributed by atoms with E-state index in [0.29, 0.717) is 5.69 Å². The Hall–Kier alpha value is -2.66. The summed E-state index contributed by atoms with van der Waals surface area (Å²) in [6.07, 6.45) is 2.03. The van der Waals surface area contributed by atoms with Gasteiger partial charge >= 0.3 is 0 Å². The van der Waals surface area contributed by atoms with Gasteiger partial charge in [0.15, 0.2) is 0 Å². The summed E-state index contributed by atoms with van der Waals surface area (Å²) in [7, 11) is 0. The Labute approximate surface area is 141 Å². The van der Waals surface area contributed by atoms with Crippen LogP contribution in [0.3, 0.4) is 0 Å². The van der Waals surface area contributed by atoms with Crippen LogP contribution < -0.4 is 0 Å². The second-order valence-corrected chi connectivity index (χ2v) is 5.75. The molecule has 0 aliphatic carbocycles. The zero-order chi connectivity index (χ0) is 17.1. The van der Waals surface area contributed by atoms with E-state index >= 15 is 0 Å². The Balaban J connectivity index is 2.18. The zero-order valence-corrected chi connectivity index (χ0v) is 14.0. The lowest BCUT2D eigenvalue weighted by Gasteiger charge is -2.17. The highest BCUT2D eigenvalue weighted by molar-refractivity contribution is 5.86. The Morgan fingerprint density at radius 2 is 1.71 bits per heavy atom. The molecule has 24 heavy (non-hydrogen) atoms. The number of rotatable bonds is 6. The smallest absolute Gasteiger partial charge is 0.293 e. The van der Waals surface area contributed by atoms with Crippen molar-refractivity contribution >= 4 is 16.6 Å². The van der Waals surface area contributed by atoms with E-state index in [0.717, 1.165) is 30.5 Å². The number of para-hydroxylation sites is 3. The average molecular weight is 323 g/mol. The Kier molecular flexibility index (Phi) is 4.62. The summed E-state index contributed by atoms with van der Waals surface area (Å²) in [5.74, 6) is 0. The summed E-state index contributed by atoms with van der Waals surface area (Å²) in [4.78, 5) is 13.4. The van der Waals surface area contributed by atoms with Crippen LogP contribution in [0.2, 0.25) is 0 Å². The van der Waals surface area contributed by atoms with Gasteiger partial charge in [0.1, 0.15) is 5.69 Å². The van der Waals surface area contributed by atoms with Gasteiger partial charge in [-0.05, 0) is 30.8 Å². The van der Waals surface area contributed by atoms with Crippen molar-refractivity contribution in [2.75, 3.05) is 13.1 Å². The molecule has 3 rings (SSSR count). The lowest BCUT2D eigenvalue weighted by Crippen LogP contribution is -2.21. The van der Waals surface area contributed by atoms with Gasteiger partial charge in [0.25, 0.3) is 5.69 Å². The van der Waals surface area contributed by atoms with Crippen molar-refractivity contribution in [3.8, 4) is 5.69 Å². The summed E-state index contributed by atoms with van der Waals surface area (Å²) < 4.78 is 1.94. The Bertz CT molecular complexity index is 866. The molecule has 0 N–H and O–H groups in total. The first-order valence-corrected chi connectivity index (χ1v) is 8.20. The molecule has 0 bridgehead atoms. The fourth-order valence-electron chi connectivity index (χ4n) is 3.09. The molecule has 0 aliphatic rings. The molecule has 0 aliphatic heterocycles. The maximum Gasteiger partial charge on any atom is 0.293 e. The topological polar surface area (TPSA) is 51.3 Å². The minimum absolute atomic E-state index is 0.118. The van der Waals surface area contributed by atoms with Crippen LogP contribution in [0.1, 0.15) is 19.4 Å². The van der Waals surface area contributed by atoms with Crippen LogP contribution in [0, 0.1) is 10.1 Å². The number of nitrogens with zero attached hydrogens (tertiary/aromatic N) is 3. The van der Waals surface area contributed by atoms with E-state index in [2.05, 4.69) is 24.8 Å². The van der Waals surface area contributed by atoms with Gasteiger partial charge in [0.05, 0.1) is 10.4 Å². The normalized spacial score (nSPS) is 11.3. The molecule has 2 aromatic carbocycles. The highest BCUT2D eigenvalue weighted by Crippen LogP contribution is 2.30. The van der Waals surface area contributed by atoms with Gasteiger partial charge in [-0.3, -0.25) is 15.0 Å². The van der Waals surface area contributed by atoms with E-state index in [1.54, 1.807) is 18.2 Å². The largest absolute Gasteiger partial charge is 0.310 e. The minimum Gasteiger partial charge on any atom is -0.310 e. The quantitative estimate of drug-likeness (QED) is 0.499. The van der Waals surface area contributed by atoms with Crippen LogP contribution in [0.15, 0.2) is 54.7 Å². The van der Waals surface area contributed by atoms with Gasteiger partial charge in [0, 0.05) is 24.2 Å². The molecule has 0 fully saturated rings. The number of nitro benzene ring substituents is 1. The molecule has 0 atom stereocenters. The molecule has 0 spiro atoms. The van der Waals surface area contributed by atoms with Gasteiger partial charge in [-0.1, -0.05) is 44.2 Å². The predicted octanol–water partition coefficient (Wildman–Crippen LogP) is 4.38. The number of fused-ring (bicyclic) bond motifs is 1. The average Bonchev–Trinajstić information content (AvgIpc) is 2.98. The van der Waals surface area contributed by atoms with E-state index in [4.69, 9.17) is 0 Å². The highest BCUT2D eigenvalue weighted by atomic mass is 16.6. The van der Waals surface area contributed by atoms with Crippen LogP contribution in [0.25, 0.3) is 16.6 Å². The molecular formula is C19H21N3O2. The molecule has 0 unspecified atom stereocenters. The summed E-state index contributed by atoms with van der Waals surface area (Å²) >= 11 is 0. The third-order valence-electron chi connectivity index (χ3n) is 4.42. The molecule has 5 heteroatoms. The molecule has 124 valence electrons. The van der Waals surface area contributed by atoms with Gasteiger partial charge < -0.3 is 4.57 Å². The number of hydrogen-bond acceptors (Lipinski definition) is 3. The number of aromatic nitrogens is 1. The predicted molar refractivity (Wildman–Crippen MR) is 96.6 cm³/mol. The fraction of sp³-hybridized carbons (Fsp3) is 0.263. The standard InChI is InChI=1S/C19H21N3O2/c1-3-20(4-2)13-15-14-21(17-10-6-5-9-16(15)17)18-11-7-8-12-19(18)22(23)24/h5-12,14H,3-4,13H2,1-2H3. The molecule has 3 aromatic rings. The van der Waals surface area contributed by atoms with Gasteiger partial charge in [-0.15, -0.1) is 0 Å². The number of benzene rings is 2. The molecule has 1 aromatic heterocycles. The van der Waals surface area contributed by atoms with Crippen molar-refractivity contribution in [1.29, 1.82) is 0 Å². The van der Waals surface area contributed by atoms with Crippen molar-refractivity contribution < 1.29 is 4.92 Å². The van der Waals surface area contributed by atoms with Crippen LogP contribution in [0.4, 0.5) is 5.69 Å². The second-order valence-electron chi connectivity index (χ2n) is 5.75. The fourth-order valence-corrected chi connectivity index (χ4v) is 3.09. The molecule has 1 heterocycles. The summed E-state index contributed by atoms with van der Waals surface area (Å²) in [5.41, 5.74) is 2.90. The van der Waals surface area contributed by atoms with Crippen molar-refractivity contribution in [1.82, 2.24) is 9.47 Å². The van der Waals surface area contributed by atoms with Crippen molar-refractivity contribution in [2.24, 2.45) is 0 Å². The molecule has 0 radical (unpaired) electrons. The first-order valence-electron chi connectivity index (χ1n) is 8.20. The van der Waals surface area contributed by atoms with Crippen LogP contribution in [-0.4, -0.2) is 27.5 Å². The molecule has 0 saturated heterocycles. The third-order valence-corrected chi connectivity index (χ3v) is 4.42. The van der Waals surface area contributed by atoms with Crippen molar-refractivity contribution in [3.05, 3.63) is 70.4 Å². The van der Waals surface area contributed by atoms with E-state index < -0.39 is 0 Å². The molecule has 0 saturated carbocycles. The van der Waals surface area contributed by atoms with Crippen molar-refractivity contribution in [3.63, 3.8) is 0 Å². The highest BCUT2D eigenvalue weighted by Gasteiger charge is 2.18.